The molecule has 2 atom stereocenters. The van der Waals surface area contributed by atoms with Crippen molar-refractivity contribution in [2.24, 2.45) is 5.92 Å². The summed E-state index contributed by atoms with van der Waals surface area (Å²) in [5, 5.41) is 0. The first-order valence-electron chi connectivity index (χ1n) is 4.44. The highest BCUT2D eigenvalue weighted by atomic mass is 79.9. The maximum atomic E-state index is 11.1. The van der Waals surface area contributed by atoms with Gasteiger partial charge < -0.3 is 0 Å². The zero-order valence-corrected chi connectivity index (χ0v) is 9.04. The van der Waals surface area contributed by atoms with Crippen molar-refractivity contribution in [3.63, 3.8) is 0 Å². The monoisotopic (exact) mass is 238 g/mol. The molecule has 0 aliphatic heterocycles. The normalized spacial score (nSPS) is 25.7. The Hall–Kier alpha value is -0.630. The van der Waals surface area contributed by atoms with Gasteiger partial charge >= 0.3 is 0 Å². The second-order valence-electron chi connectivity index (χ2n) is 3.61. The predicted octanol–water partition coefficient (Wildman–Crippen LogP) is 3.14. The van der Waals surface area contributed by atoms with Crippen LogP contribution in [0.5, 0.6) is 0 Å². The molecule has 68 valence electrons. The van der Waals surface area contributed by atoms with E-state index in [1.165, 1.54) is 5.56 Å². The van der Waals surface area contributed by atoms with Gasteiger partial charge in [-0.25, -0.2) is 0 Å². The first-order chi connectivity index (χ1) is 6.18. The molecule has 1 aromatic carbocycles. The lowest BCUT2D eigenvalue weighted by molar-refractivity contribution is -0.118. The number of carbonyl (C=O) groups excluding carboxylic acids is 1. The molecule has 0 amide bonds. The van der Waals surface area contributed by atoms with E-state index in [4.69, 9.17) is 0 Å². The summed E-state index contributed by atoms with van der Waals surface area (Å²) in [4.78, 5) is 11.1. The highest BCUT2D eigenvalue weighted by molar-refractivity contribution is 9.10. The SMILES string of the molecule is CC(=O)[C@@H]1C[C@H]1c1cccc(Br)c1. The molecule has 1 aliphatic carbocycles. The highest BCUT2D eigenvalue weighted by Crippen LogP contribution is 2.48. The molecule has 13 heavy (non-hydrogen) atoms. The van der Waals surface area contributed by atoms with Gasteiger partial charge in [0.25, 0.3) is 0 Å². The van der Waals surface area contributed by atoms with E-state index >= 15 is 0 Å². The van der Waals surface area contributed by atoms with Crippen LogP contribution in [0, 0.1) is 5.92 Å². The Bertz CT molecular complexity index is 346. The van der Waals surface area contributed by atoms with Gasteiger partial charge in [0, 0.05) is 10.4 Å². The summed E-state index contributed by atoms with van der Waals surface area (Å²) >= 11 is 3.43. The smallest absolute Gasteiger partial charge is 0.133 e. The van der Waals surface area contributed by atoms with Crippen LogP contribution in [-0.2, 0) is 4.79 Å². The van der Waals surface area contributed by atoms with E-state index in [1.54, 1.807) is 6.92 Å². The third kappa shape index (κ3) is 1.83. The summed E-state index contributed by atoms with van der Waals surface area (Å²) in [6.45, 7) is 1.68. The van der Waals surface area contributed by atoms with Crippen LogP contribution in [0.3, 0.4) is 0 Å². The lowest BCUT2D eigenvalue weighted by Gasteiger charge is -1.98. The Kier molecular flexibility index (Phi) is 2.24. The maximum Gasteiger partial charge on any atom is 0.133 e. The fourth-order valence-electron chi connectivity index (χ4n) is 1.75. The molecule has 0 radical (unpaired) electrons. The third-order valence-electron chi connectivity index (χ3n) is 2.59. The number of benzene rings is 1. The van der Waals surface area contributed by atoms with Crippen molar-refractivity contribution in [2.45, 2.75) is 19.3 Å². The second kappa shape index (κ2) is 3.26. The number of Topliss-reactive ketones (excluding diaryl/α,β-unsaturated/α-hetero) is 1. The van der Waals surface area contributed by atoms with E-state index in [1.807, 2.05) is 12.1 Å². The van der Waals surface area contributed by atoms with Crippen LogP contribution in [0.25, 0.3) is 0 Å². The van der Waals surface area contributed by atoms with Crippen molar-refractivity contribution < 1.29 is 4.79 Å². The van der Waals surface area contributed by atoms with E-state index in [2.05, 4.69) is 28.1 Å². The minimum absolute atomic E-state index is 0.286. The summed E-state index contributed by atoms with van der Waals surface area (Å²) in [5.74, 6) is 1.09. The number of halogens is 1. The van der Waals surface area contributed by atoms with Gasteiger partial charge in [-0.05, 0) is 37.0 Å². The summed E-state index contributed by atoms with van der Waals surface area (Å²) in [6.07, 6.45) is 1.03. The highest BCUT2D eigenvalue weighted by Gasteiger charge is 2.41. The Morgan fingerprint density at radius 2 is 2.31 bits per heavy atom. The standard InChI is InChI=1S/C11H11BrO/c1-7(13)10-6-11(10)8-3-2-4-9(12)5-8/h2-5,10-11H,6H2,1H3/t10-,11-/m0/s1. The van der Waals surface area contributed by atoms with Crippen LogP contribution < -0.4 is 0 Å². The van der Waals surface area contributed by atoms with Crippen LogP contribution in [0.15, 0.2) is 28.7 Å². The predicted molar refractivity (Wildman–Crippen MR) is 55.7 cm³/mol. The van der Waals surface area contributed by atoms with Gasteiger partial charge in [-0.3, -0.25) is 4.79 Å². The van der Waals surface area contributed by atoms with E-state index in [-0.39, 0.29) is 5.92 Å². The molecular weight excluding hydrogens is 228 g/mol. The molecule has 1 aliphatic rings. The topological polar surface area (TPSA) is 17.1 Å². The second-order valence-corrected chi connectivity index (χ2v) is 4.53. The molecular formula is C11H11BrO. The van der Waals surface area contributed by atoms with Crippen molar-refractivity contribution in [1.29, 1.82) is 0 Å². The quantitative estimate of drug-likeness (QED) is 0.774. The van der Waals surface area contributed by atoms with Crippen LogP contribution in [-0.4, -0.2) is 5.78 Å². The van der Waals surface area contributed by atoms with Crippen molar-refractivity contribution in [3.8, 4) is 0 Å². The number of rotatable bonds is 2. The molecule has 0 saturated heterocycles. The average Bonchev–Trinajstić information content (AvgIpc) is 2.82. The lowest BCUT2D eigenvalue weighted by atomic mass is 10.1. The molecule has 1 nitrogen and oxygen atoms in total. The summed E-state index contributed by atoms with van der Waals surface area (Å²) in [6, 6.07) is 8.23. The Labute approximate surface area is 86.3 Å². The van der Waals surface area contributed by atoms with Gasteiger partial charge in [0.15, 0.2) is 0 Å². The van der Waals surface area contributed by atoms with Gasteiger partial charge in [0.05, 0.1) is 0 Å². The molecule has 1 saturated carbocycles. The molecule has 2 heteroatoms. The first-order valence-corrected chi connectivity index (χ1v) is 5.23. The summed E-state index contributed by atoms with van der Waals surface area (Å²) in [5.41, 5.74) is 1.29. The van der Waals surface area contributed by atoms with E-state index in [0.29, 0.717) is 11.7 Å². The van der Waals surface area contributed by atoms with Crippen molar-refractivity contribution in [3.05, 3.63) is 34.3 Å². The van der Waals surface area contributed by atoms with E-state index in [0.717, 1.165) is 10.9 Å². The molecule has 1 aromatic rings. The molecule has 0 unspecified atom stereocenters. The number of hydrogen-bond acceptors (Lipinski definition) is 1. The Morgan fingerprint density at radius 1 is 1.54 bits per heavy atom. The first kappa shape index (κ1) is 8.95. The largest absolute Gasteiger partial charge is 0.300 e. The van der Waals surface area contributed by atoms with Crippen molar-refractivity contribution in [2.75, 3.05) is 0 Å². The van der Waals surface area contributed by atoms with Gasteiger partial charge in [-0.1, -0.05) is 28.1 Å². The fraction of sp³-hybridized carbons (Fsp3) is 0.364. The van der Waals surface area contributed by atoms with Gasteiger partial charge in [0.2, 0.25) is 0 Å². The minimum atomic E-state index is 0.286. The Morgan fingerprint density at radius 3 is 2.85 bits per heavy atom. The number of hydrogen-bond donors (Lipinski definition) is 0. The summed E-state index contributed by atoms with van der Waals surface area (Å²) < 4.78 is 1.10. The Balaban J connectivity index is 2.16. The lowest BCUT2D eigenvalue weighted by Crippen LogP contribution is -1.94. The number of carbonyl (C=O) groups is 1. The van der Waals surface area contributed by atoms with Crippen LogP contribution in [0.2, 0.25) is 0 Å². The molecule has 2 rings (SSSR count). The maximum absolute atomic E-state index is 11.1. The fourth-order valence-corrected chi connectivity index (χ4v) is 2.17. The van der Waals surface area contributed by atoms with Crippen molar-refractivity contribution >= 4 is 21.7 Å². The molecule has 0 spiro atoms. The zero-order chi connectivity index (χ0) is 9.42. The van der Waals surface area contributed by atoms with Gasteiger partial charge in [-0.15, -0.1) is 0 Å². The minimum Gasteiger partial charge on any atom is -0.300 e. The average molecular weight is 239 g/mol. The van der Waals surface area contributed by atoms with Crippen LogP contribution >= 0.6 is 15.9 Å². The van der Waals surface area contributed by atoms with Crippen LogP contribution in [0.1, 0.15) is 24.8 Å². The molecule has 1 fully saturated rings. The van der Waals surface area contributed by atoms with Crippen LogP contribution in [0.4, 0.5) is 0 Å². The zero-order valence-electron chi connectivity index (χ0n) is 7.46. The molecule has 0 aromatic heterocycles. The summed E-state index contributed by atoms with van der Waals surface area (Å²) in [7, 11) is 0. The number of ketones is 1. The molecule has 0 heterocycles. The van der Waals surface area contributed by atoms with Gasteiger partial charge in [-0.2, -0.15) is 0 Å². The molecule has 0 N–H and O–H groups in total. The van der Waals surface area contributed by atoms with E-state index in [9.17, 15) is 4.79 Å². The third-order valence-corrected chi connectivity index (χ3v) is 3.08. The molecule has 0 bridgehead atoms. The van der Waals surface area contributed by atoms with Crippen molar-refractivity contribution in [1.82, 2.24) is 0 Å². The van der Waals surface area contributed by atoms with E-state index < -0.39 is 0 Å². The van der Waals surface area contributed by atoms with Gasteiger partial charge in [0.1, 0.15) is 5.78 Å².